The Morgan fingerprint density at radius 2 is 1.90 bits per heavy atom. The summed E-state index contributed by atoms with van der Waals surface area (Å²) in [4.78, 5) is 0. The third kappa shape index (κ3) is 2.75. The molecule has 3 heteroatoms. The fourth-order valence-corrected chi connectivity index (χ4v) is 3.22. The van der Waals surface area contributed by atoms with Crippen LogP contribution in [-0.2, 0) is 0 Å². The molecule has 0 radical (unpaired) electrons. The van der Waals surface area contributed by atoms with Crippen molar-refractivity contribution in [3.8, 4) is 6.07 Å². The summed E-state index contributed by atoms with van der Waals surface area (Å²) in [5, 5.41) is 13.1. The van der Waals surface area contributed by atoms with Gasteiger partial charge < -0.3 is 5.32 Å². The molecule has 1 aliphatic rings. The molecule has 0 fully saturated rings. The standard InChI is InChI=1S/C18H17ClN2/c1-12-6-9-18(16-5-3-2-4-15(12)16)21-14-7-8-17(19)13(10-14)11-20/h2-5,7-8,10,12,18,21H,6,9H2,1H3. The lowest BCUT2D eigenvalue weighted by Gasteiger charge is -2.31. The minimum atomic E-state index is 0.296. The molecule has 2 aromatic carbocycles. The minimum absolute atomic E-state index is 0.296. The van der Waals surface area contributed by atoms with Gasteiger partial charge in [0, 0.05) is 5.69 Å². The molecule has 0 heterocycles. The molecular weight excluding hydrogens is 280 g/mol. The molecule has 1 aliphatic carbocycles. The topological polar surface area (TPSA) is 35.8 Å². The van der Waals surface area contributed by atoms with Crippen LogP contribution in [0.2, 0.25) is 5.02 Å². The smallest absolute Gasteiger partial charge is 0.101 e. The zero-order valence-corrected chi connectivity index (χ0v) is 12.7. The minimum Gasteiger partial charge on any atom is -0.378 e. The van der Waals surface area contributed by atoms with Gasteiger partial charge in [0.15, 0.2) is 0 Å². The highest BCUT2D eigenvalue weighted by molar-refractivity contribution is 6.31. The molecule has 0 saturated heterocycles. The first-order valence-electron chi connectivity index (χ1n) is 7.24. The van der Waals surface area contributed by atoms with E-state index in [1.54, 1.807) is 6.07 Å². The molecule has 0 aromatic heterocycles. The number of rotatable bonds is 2. The van der Waals surface area contributed by atoms with E-state index >= 15 is 0 Å². The fourth-order valence-electron chi connectivity index (χ4n) is 3.06. The molecule has 2 unspecified atom stereocenters. The van der Waals surface area contributed by atoms with Gasteiger partial charge >= 0.3 is 0 Å². The Morgan fingerprint density at radius 3 is 2.67 bits per heavy atom. The van der Waals surface area contributed by atoms with E-state index in [1.165, 1.54) is 17.5 Å². The van der Waals surface area contributed by atoms with Crippen molar-refractivity contribution in [3.05, 3.63) is 64.2 Å². The number of halogens is 1. The van der Waals surface area contributed by atoms with E-state index in [0.717, 1.165) is 12.1 Å². The van der Waals surface area contributed by atoms with Crippen LogP contribution in [-0.4, -0.2) is 0 Å². The van der Waals surface area contributed by atoms with Gasteiger partial charge in [-0.3, -0.25) is 0 Å². The SMILES string of the molecule is CC1CCC(Nc2ccc(Cl)c(C#N)c2)c2ccccc21. The van der Waals surface area contributed by atoms with Gasteiger partial charge in [-0.15, -0.1) is 0 Å². The lowest BCUT2D eigenvalue weighted by Crippen LogP contribution is -2.19. The van der Waals surface area contributed by atoms with Crippen molar-refractivity contribution >= 4 is 17.3 Å². The molecule has 2 nitrogen and oxygen atoms in total. The van der Waals surface area contributed by atoms with E-state index in [0.29, 0.717) is 22.5 Å². The molecule has 2 atom stereocenters. The number of nitriles is 1. The van der Waals surface area contributed by atoms with E-state index in [4.69, 9.17) is 16.9 Å². The lowest BCUT2D eigenvalue weighted by molar-refractivity contribution is 0.534. The molecule has 0 bridgehead atoms. The van der Waals surface area contributed by atoms with Crippen molar-refractivity contribution < 1.29 is 0 Å². The van der Waals surface area contributed by atoms with Crippen molar-refractivity contribution in [2.75, 3.05) is 5.32 Å². The van der Waals surface area contributed by atoms with Crippen LogP contribution in [0.15, 0.2) is 42.5 Å². The molecule has 0 aliphatic heterocycles. The highest BCUT2D eigenvalue weighted by Crippen LogP contribution is 2.38. The predicted molar refractivity (Wildman–Crippen MR) is 86.6 cm³/mol. The average molecular weight is 297 g/mol. The largest absolute Gasteiger partial charge is 0.378 e. The van der Waals surface area contributed by atoms with Gasteiger partial charge in [-0.2, -0.15) is 5.26 Å². The highest BCUT2D eigenvalue weighted by atomic mass is 35.5. The van der Waals surface area contributed by atoms with Crippen LogP contribution in [0.25, 0.3) is 0 Å². The molecule has 21 heavy (non-hydrogen) atoms. The van der Waals surface area contributed by atoms with Crippen LogP contribution in [0, 0.1) is 11.3 Å². The van der Waals surface area contributed by atoms with Crippen molar-refractivity contribution in [1.82, 2.24) is 0 Å². The Morgan fingerprint density at radius 1 is 1.14 bits per heavy atom. The van der Waals surface area contributed by atoms with Gasteiger partial charge in [0.05, 0.1) is 16.6 Å². The maximum atomic E-state index is 9.08. The summed E-state index contributed by atoms with van der Waals surface area (Å²) in [6.45, 7) is 2.28. The normalized spacial score (nSPS) is 20.4. The number of fused-ring (bicyclic) bond motifs is 1. The lowest BCUT2D eigenvalue weighted by atomic mass is 9.81. The first kappa shape index (κ1) is 14.0. The van der Waals surface area contributed by atoms with Crippen molar-refractivity contribution in [2.24, 2.45) is 0 Å². The molecule has 3 rings (SSSR count). The predicted octanol–water partition coefficient (Wildman–Crippen LogP) is 5.26. The van der Waals surface area contributed by atoms with E-state index in [1.807, 2.05) is 12.1 Å². The van der Waals surface area contributed by atoms with Gasteiger partial charge in [-0.1, -0.05) is 42.8 Å². The summed E-state index contributed by atoms with van der Waals surface area (Å²) < 4.78 is 0. The molecule has 0 spiro atoms. The van der Waals surface area contributed by atoms with Gasteiger partial charge in [0.1, 0.15) is 6.07 Å². The first-order valence-corrected chi connectivity index (χ1v) is 7.62. The van der Waals surface area contributed by atoms with E-state index < -0.39 is 0 Å². The second-order valence-corrected chi connectivity index (χ2v) is 6.02. The van der Waals surface area contributed by atoms with Crippen LogP contribution >= 0.6 is 11.6 Å². The van der Waals surface area contributed by atoms with Crippen LogP contribution in [0.5, 0.6) is 0 Å². The highest BCUT2D eigenvalue weighted by Gasteiger charge is 2.24. The maximum Gasteiger partial charge on any atom is 0.101 e. The number of hydrogen-bond donors (Lipinski definition) is 1. The van der Waals surface area contributed by atoms with E-state index in [9.17, 15) is 0 Å². The Kier molecular flexibility index (Phi) is 3.86. The summed E-state index contributed by atoms with van der Waals surface area (Å²) >= 11 is 5.99. The Balaban J connectivity index is 1.90. The third-order valence-corrected chi connectivity index (χ3v) is 4.55. The monoisotopic (exact) mass is 296 g/mol. The second kappa shape index (κ2) is 5.79. The summed E-state index contributed by atoms with van der Waals surface area (Å²) in [7, 11) is 0. The molecule has 0 saturated carbocycles. The summed E-state index contributed by atoms with van der Waals surface area (Å²) in [5.41, 5.74) is 4.25. The van der Waals surface area contributed by atoms with Gasteiger partial charge in [-0.25, -0.2) is 0 Å². The molecule has 2 aromatic rings. The fraction of sp³-hybridized carbons (Fsp3) is 0.278. The van der Waals surface area contributed by atoms with Gasteiger partial charge in [0.2, 0.25) is 0 Å². The van der Waals surface area contributed by atoms with E-state index in [2.05, 4.69) is 42.6 Å². The number of hydrogen-bond acceptors (Lipinski definition) is 2. The summed E-state index contributed by atoms with van der Waals surface area (Å²) in [6, 6.07) is 16.6. The number of nitrogens with zero attached hydrogens (tertiary/aromatic N) is 1. The molecule has 0 amide bonds. The zero-order chi connectivity index (χ0) is 14.8. The van der Waals surface area contributed by atoms with Crippen molar-refractivity contribution in [3.63, 3.8) is 0 Å². The Labute approximate surface area is 130 Å². The zero-order valence-electron chi connectivity index (χ0n) is 11.9. The van der Waals surface area contributed by atoms with Crippen molar-refractivity contribution in [1.29, 1.82) is 5.26 Å². The van der Waals surface area contributed by atoms with Crippen LogP contribution < -0.4 is 5.32 Å². The first-order chi connectivity index (χ1) is 10.2. The van der Waals surface area contributed by atoms with E-state index in [-0.39, 0.29) is 0 Å². The van der Waals surface area contributed by atoms with Gasteiger partial charge in [0.25, 0.3) is 0 Å². The molecular formula is C18H17ClN2. The maximum absolute atomic E-state index is 9.08. The quantitative estimate of drug-likeness (QED) is 0.820. The molecule has 106 valence electrons. The Bertz CT molecular complexity index is 703. The molecule has 1 N–H and O–H groups in total. The Hall–Kier alpha value is -1.98. The number of nitrogens with one attached hydrogen (secondary N) is 1. The van der Waals surface area contributed by atoms with Crippen LogP contribution in [0.1, 0.15) is 48.4 Å². The summed E-state index contributed by atoms with van der Waals surface area (Å²) in [6.07, 6.45) is 2.27. The number of anilines is 1. The second-order valence-electron chi connectivity index (χ2n) is 5.61. The van der Waals surface area contributed by atoms with Crippen LogP contribution in [0.3, 0.4) is 0 Å². The van der Waals surface area contributed by atoms with Crippen molar-refractivity contribution in [2.45, 2.75) is 31.7 Å². The third-order valence-electron chi connectivity index (χ3n) is 4.22. The number of benzene rings is 2. The summed E-state index contributed by atoms with van der Waals surface area (Å²) in [5.74, 6) is 0.610. The average Bonchev–Trinajstić information content (AvgIpc) is 2.52. The van der Waals surface area contributed by atoms with Gasteiger partial charge in [-0.05, 0) is 48.1 Å². The van der Waals surface area contributed by atoms with Crippen LogP contribution in [0.4, 0.5) is 5.69 Å².